The predicted octanol–water partition coefficient (Wildman–Crippen LogP) is 14.7. The average Bonchev–Trinajstić information content (AvgIpc) is 3.34. The van der Waals surface area contributed by atoms with Gasteiger partial charge in [-0.3, -0.25) is 9.59 Å². The molecule has 11 heteroatoms. The fourth-order valence-corrected chi connectivity index (χ4v) is 9.69. The smallest absolute Gasteiger partial charge is 0.149 e. The second kappa shape index (κ2) is 24.0. The number of ketones is 2. The number of benzene rings is 9. The second-order valence-corrected chi connectivity index (χ2v) is 27.3. The molecule has 2 bridgehead atoms. The van der Waals surface area contributed by atoms with E-state index in [2.05, 4.69) is 158 Å². The number of sulfone groups is 2. The van der Waals surface area contributed by atoms with E-state index < -0.39 is 30.7 Å². The topological polar surface area (TPSA) is 123 Å². The van der Waals surface area contributed by atoms with Crippen LogP contribution in [0, 0.1) is 11.8 Å². The molecule has 0 fully saturated rings. The van der Waals surface area contributed by atoms with Gasteiger partial charge in [-0.1, -0.05) is 125 Å². The predicted molar refractivity (Wildman–Crippen MR) is 315 cm³/mol. The normalized spacial score (nSPS) is 15.8. The highest BCUT2D eigenvalue weighted by Crippen LogP contribution is 2.54. The van der Waals surface area contributed by atoms with Crippen molar-refractivity contribution in [2.45, 2.75) is 91.0 Å². The first-order chi connectivity index (χ1) is 34.8. The van der Waals surface area contributed by atoms with Crippen molar-refractivity contribution in [2.24, 2.45) is 11.8 Å². The Hall–Kier alpha value is -6.11. The molecule has 12 rings (SSSR count). The van der Waals surface area contributed by atoms with Crippen LogP contribution in [0.2, 0.25) is 0 Å². The van der Waals surface area contributed by atoms with Gasteiger partial charge in [0.05, 0.1) is 16.5 Å². The first kappa shape index (κ1) is 57.2. The SMILES string of the molecule is CC(=O)C(C)C.CC(=O)C(C)C.CC(C)S(C)(=O)=O.CC(C)S(C)(=O)=O.CN1C2c3cc4ccccc4cc3C(c3cc4ccccc4cc32)S1=O.c1ccc2cc3cc4cc5ccccc5cc4cc3cc2c1. The Bertz CT molecular complexity index is 3440. The Kier molecular flexibility index (Phi) is 18.6. The quantitative estimate of drug-likeness (QED) is 0.161. The summed E-state index contributed by atoms with van der Waals surface area (Å²) in [7, 11) is -4.54. The van der Waals surface area contributed by atoms with Crippen molar-refractivity contribution in [3.05, 3.63) is 180 Å². The van der Waals surface area contributed by atoms with Gasteiger partial charge in [0.25, 0.3) is 0 Å². The van der Waals surface area contributed by atoms with Crippen LogP contribution < -0.4 is 0 Å². The number of hydrogen-bond acceptors (Lipinski definition) is 7. The van der Waals surface area contributed by atoms with E-state index in [1.54, 1.807) is 41.5 Å². The zero-order valence-electron chi connectivity index (χ0n) is 45.0. The lowest BCUT2D eigenvalue weighted by atomic mass is 9.79. The molecule has 388 valence electrons. The van der Waals surface area contributed by atoms with Gasteiger partial charge < -0.3 is 0 Å². The van der Waals surface area contributed by atoms with Crippen LogP contribution in [0.3, 0.4) is 0 Å². The number of Topliss-reactive ketones (excluding diaryl/α,β-unsaturated/α-hetero) is 2. The molecular weight excluding hydrogens is 979 g/mol. The standard InChI is InChI=1S/C23H17NOS.C22H14.2C5H10O.2C4H10O2S/c1-24-22-18-10-14-6-2-4-8-16(14)12-20(18)23(26(24)25)21-13-17-9-5-3-7-15(17)11-19(21)22;1-2-6-16-10-20-14-22-12-18-8-4-3-7-17(18)11-21(22)13-19(20)9-15(16)5-1;2*1-4(2)5(3)6;2*1-4(2)7(3,5)6/h2-13,22-23H,1H3;1-14H;2*4H,1-3H3;2*4H,1-3H3. The third-order valence-electron chi connectivity index (χ3n) is 13.8. The highest BCUT2D eigenvalue weighted by Gasteiger charge is 2.46. The van der Waals surface area contributed by atoms with Crippen molar-refractivity contribution in [1.29, 1.82) is 0 Å². The number of carbonyl (C=O) groups excluding carboxylic acids is 2. The molecule has 9 aromatic rings. The monoisotopic (exact) mass is 1050 g/mol. The molecule has 0 N–H and O–H groups in total. The number of fused-ring (bicyclic) bond motifs is 7. The zero-order valence-corrected chi connectivity index (χ0v) is 47.5. The molecule has 74 heavy (non-hydrogen) atoms. The van der Waals surface area contributed by atoms with Crippen LogP contribution in [0.25, 0.3) is 64.6 Å². The number of hydrogen-bond donors (Lipinski definition) is 0. The molecule has 0 amide bonds. The molecule has 0 saturated carbocycles. The summed E-state index contributed by atoms with van der Waals surface area (Å²) < 4.78 is 56.6. The molecule has 1 atom stereocenters. The van der Waals surface area contributed by atoms with E-state index >= 15 is 0 Å². The Morgan fingerprint density at radius 2 is 0.595 bits per heavy atom. The summed E-state index contributed by atoms with van der Waals surface area (Å²) in [5.41, 5.74) is 5.07. The van der Waals surface area contributed by atoms with E-state index in [9.17, 15) is 30.6 Å². The van der Waals surface area contributed by atoms with Gasteiger partial charge in [0.15, 0.2) is 0 Å². The van der Waals surface area contributed by atoms with E-state index in [4.69, 9.17) is 0 Å². The van der Waals surface area contributed by atoms with Crippen molar-refractivity contribution in [2.75, 3.05) is 19.6 Å². The highest BCUT2D eigenvalue weighted by atomic mass is 32.2. The molecular formula is C63H71NO7S3. The van der Waals surface area contributed by atoms with Gasteiger partial charge in [-0.25, -0.2) is 25.3 Å². The minimum absolute atomic E-state index is 0.0556. The van der Waals surface area contributed by atoms with Crippen molar-refractivity contribution >= 4 is 107 Å². The van der Waals surface area contributed by atoms with E-state index in [1.807, 2.05) is 39.0 Å². The van der Waals surface area contributed by atoms with E-state index in [-0.39, 0.29) is 45.2 Å². The number of nitrogens with zero attached hydrogens (tertiary/aromatic N) is 1. The third kappa shape index (κ3) is 13.8. The molecule has 1 aliphatic carbocycles. The van der Waals surface area contributed by atoms with Crippen LogP contribution in [-0.2, 0) is 40.2 Å². The third-order valence-corrected chi connectivity index (χ3v) is 18.9. The van der Waals surface area contributed by atoms with Crippen molar-refractivity contribution < 1.29 is 30.6 Å². The molecule has 9 aromatic carbocycles. The summed E-state index contributed by atoms with van der Waals surface area (Å²) in [6.07, 6.45) is 2.47. The fraction of sp³-hybridized carbons (Fsp3) is 0.302. The minimum atomic E-state index is -2.74. The van der Waals surface area contributed by atoms with Crippen LogP contribution in [-0.4, -0.2) is 67.0 Å². The first-order valence-electron chi connectivity index (χ1n) is 25.1. The van der Waals surface area contributed by atoms with Crippen molar-refractivity contribution in [1.82, 2.24) is 4.31 Å². The fourth-order valence-electron chi connectivity index (χ4n) is 8.08. The maximum absolute atomic E-state index is 13.2. The van der Waals surface area contributed by atoms with Crippen LogP contribution in [0.4, 0.5) is 0 Å². The Labute approximate surface area is 441 Å². The highest BCUT2D eigenvalue weighted by molar-refractivity contribution is 7.91. The van der Waals surface area contributed by atoms with Gasteiger partial charge in [0, 0.05) is 31.4 Å². The Morgan fingerprint density at radius 3 is 0.797 bits per heavy atom. The van der Waals surface area contributed by atoms with Gasteiger partial charge in [-0.05, 0) is 189 Å². The largest absolute Gasteiger partial charge is 0.300 e. The summed E-state index contributed by atoms with van der Waals surface area (Å²) in [6, 6.07) is 57.0. The minimum Gasteiger partial charge on any atom is -0.300 e. The summed E-state index contributed by atoms with van der Waals surface area (Å²) in [4.78, 5) is 20.3. The molecule has 1 unspecified atom stereocenters. The summed E-state index contributed by atoms with van der Waals surface area (Å²) >= 11 is 0. The van der Waals surface area contributed by atoms with E-state index in [1.165, 1.54) is 99.4 Å². The van der Waals surface area contributed by atoms with Gasteiger partial charge >= 0.3 is 0 Å². The second-order valence-electron chi connectivity index (χ2n) is 20.5. The van der Waals surface area contributed by atoms with Crippen LogP contribution in [0.1, 0.15) is 103 Å². The molecule has 2 heterocycles. The van der Waals surface area contributed by atoms with Crippen LogP contribution in [0.15, 0.2) is 158 Å². The molecule has 0 radical (unpaired) electrons. The summed E-state index contributed by atoms with van der Waals surface area (Å²) in [6.45, 7) is 17.4. The molecule has 0 saturated heterocycles. The molecule has 0 aromatic heterocycles. The summed E-state index contributed by atoms with van der Waals surface area (Å²) in [5.74, 6) is 0.944. The Morgan fingerprint density at radius 1 is 0.405 bits per heavy atom. The van der Waals surface area contributed by atoms with Gasteiger partial charge in [-0.15, -0.1) is 0 Å². The molecule has 0 spiro atoms. The van der Waals surface area contributed by atoms with E-state index in [0.717, 1.165) is 0 Å². The van der Waals surface area contributed by atoms with Gasteiger partial charge in [0.2, 0.25) is 0 Å². The van der Waals surface area contributed by atoms with Crippen LogP contribution in [0.5, 0.6) is 0 Å². The molecule has 3 aliphatic rings. The number of rotatable bonds is 4. The lowest BCUT2D eigenvalue weighted by Crippen LogP contribution is -2.42. The lowest BCUT2D eigenvalue weighted by molar-refractivity contribution is -0.120. The maximum Gasteiger partial charge on any atom is 0.149 e. The lowest BCUT2D eigenvalue weighted by Gasteiger charge is -2.45. The summed E-state index contributed by atoms with van der Waals surface area (Å²) in [5, 5.41) is 14.8. The maximum atomic E-state index is 13.2. The molecule has 2 aliphatic heterocycles. The van der Waals surface area contributed by atoms with Crippen molar-refractivity contribution in [3.8, 4) is 0 Å². The van der Waals surface area contributed by atoms with Gasteiger partial charge in [-0.2, -0.15) is 0 Å². The van der Waals surface area contributed by atoms with Crippen molar-refractivity contribution in [3.63, 3.8) is 0 Å². The number of carbonyl (C=O) groups is 2. The average molecular weight is 1050 g/mol. The first-order valence-corrected chi connectivity index (χ1v) is 30.2. The Balaban J connectivity index is 0.000000166. The van der Waals surface area contributed by atoms with Crippen LogP contribution >= 0.6 is 0 Å². The zero-order chi connectivity index (χ0) is 54.4. The molecule has 8 nitrogen and oxygen atoms in total. The van der Waals surface area contributed by atoms with E-state index in [0.29, 0.717) is 0 Å². The van der Waals surface area contributed by atoms with Gasteiger partial charge in [0.1, 0.15) is 47.5 Å².